The van der Waals surface area contributed by atoms with Crippen LogP contribution in [0.2, 0.25) is 0 Å². The van der Waals surface area contributed by atoms with Crippen molar-refractivity contribution in [1.29, 1.82) is 0 Å². The van der Waals surface area contributed by atoms with Gasteiger partial charge in [-0.2, -0.15) is 0 Å². The predicted molar refractivity (Wildman–Crippen MR) is 131 cm³/mol. The van der Waals surface area contributed by atoms with Gasteiger partial charge in [-0.15, -0.1) is 0 Å². The molecule has 33 heavy (non-hydrogen) atoms. The lowest BCUT2D eigenvalue weighted by Crippen LogP contribution is -2.35. The van der Waals surface area contributed by atoms with Gasteiger partial charge in [0.1, 0.15) is 11.4 Å². The van der Waals surface area contributed by atoms with Crippen molar-refractivity contribution in [1.82, 2.24) is 4.90 Å². The smallest absolute Gasteiger partial charge is 0.297 e. The zero-order valence-electron chi connectivity index (χ0n) is 19.1. The van der Waals surface area contributed by atoms with Crippen molar-refractivity contribution in [2.45, 2.75) is 25.2 Å². The molecule has 3 aromatic rings. The molecule has 0 spiro atoms. The third-order valence-electron chi connectivity index (χ3n) is 5.69. The van der Waals surface area contributed by atoms with Gasteiger partial charge in [-0.25, -0.2) is 8.42 Å². The van der Waals surface area contributed by atoms with E-state index < -0.39 is 14.9 Å². The molecule has 9 heteroatoms. The van der Waals surface area contributed by atoms with Gasteiger partial charge >= 0.3 is 0 Å². The minimum atomic E-state index is -4.06. The fourth-order valence-corrected chi connectivity index (χ4v) is 5.34. The van der Waals surface area contributed by atoms with Crippen LogP contribution >= 0.6 is 0 Å². The van der Waals surface area contributed by atoms with Gasteiger partial charge < -0.3 is 9.64 Å². The second-order valence-corrected chi connectivity index (χ2v) is 9.44. The first-order valence-corrected chi connectivity index (χ1v) is 12.3. The van der Waals surface area contributed by atoms with E-state index in [0.717, 1.165) is 28.2 Å². The Morgan fingerprint density at radius 1 is 0.939 bits per heavy atom. The van der Waals surface area contributed by atoms with Crippen LogP contribution in [0.3, 0.4) is 0 Å². The van der Waals surface area contributed by atoms with E-state index in [0.29, 0.717) is 13.0 Å². The number of hydrogen-bond acceptors (Lipinski definition) is 6. The van der Waals surface area contributed by atoms with Crippen molar-refractivity contribution in [3.8, 4) is 5.75 Å². The molecule has 0 amide bonds. The van der Waals surface area contributed by atoms with Gasteiger partial charge in [-0.05, 0) is 61.1 Å². The number of sulfonamides is 1. The molecule has 0 aromatic heterocycles. The van der Waals surface area contributed by atoms with Gasteiger partial charge in [0.25, 0.3) is 15.7 Å². The van der Waals surface area contributed by atoms with Gasteiger partial charge in [0.15, 0.2) is 0 Å². The maximum absolute atomic E-state index is 13.8. The van der Waals surface area contributed by atoms with Crippen molar-refractivity contribution >= 4 is 32.2 Å². The molecular weight excluding hydrogens is 442 g/mol. The van der Waals surface area contributed by atoms with Crippen LogP contribution in [0, 0.1) is 10.1 Å². The topological polar surface area (TPSA) is 93.0 Å². The molecule has 0 saturated carbocycles. The number of ether oxygens (including phenoxy) is 1. The van der Waals surface area contributed by atoms with E-state index >= 15 is 0 Å². The van der Waals surface area contributed by atoms with E-state index in [4.69, 9.17) is 4.74 Å². The molecule has 0 unspecified atom stereocenters. The molecule has 0 atom stereocenters. The molecule has 0 heterocycles. The number of nitro benzene ring substituents is 1. The minimum absolute atomic E-state index is 0.0218. The molecule has 0 aliphatic carbocycles. The Morgan fingerprint density at radius 3 is 2.27 bits per heavy atom. The van der Waals surface area contributed by atoms with Crippen LogP contribution in [-0.2, 0) is 10.0 Å². The second kappa shape index (κ2) is 10.6. The summed E-state index contributed by atoms with van der Waals surface area (Å²) < 4.78 is 33.8. The van der Waals surface area contributed by atoms with Crippen molar-refractivity contribution < 1.29 is 18.1 Å². The Kier molecular flexibility index (Phi) is 7.88. The average molecular weight is 472 g/mol. The van der Waals surface area contributed by atoms with Crippen molar-refractivity contribution in [3.05, 3.63) is 70.8 Å². The Labute approximate surface area is 194 Å². The zero-order chi connectivity index (χ0) is 24.0. The highest BCUT2D eigenvalue weighted by Crippen LogP contribution is 2.36. The number of nitrogens with zero attached hydrogens (tertiary/aromatic N) is 3. The van der Waals surface area contributed by atoms with E-state index in [-0.39, 0.29) is 28.6 Å². The van der Waals surface area contributed by atoms with E-state index in [1.165, 1.54) is 25.3 Å². The molecule has 0 aliphatic heterocycles. The molecule has 3 aromatic carbocycles. The Hall–Kier alpha value is -3.17. The summed E-state index contributed by atoms with van der Waals surface area (Å²) in [5.41, 5.74) is -0.296. The molecular formula is C24H29N3O5S. The maximum atomic E-state index is 13.8. The highest BCUT2D eigenvalue weighted by atomic mass is 32.2. The highest BCUT2D eigenvalue weighted by Gasteiger charge is 2.31. The lowest BCUT2D eigenvalue weighted by Gasteiger charge is -2.26. The standard InChI is InChI=1S/C24H29N3O5S/c1-4-25(5-2)15-8-16-26(23-14-12-21(32-3)18-24(23)27(28)29)33(30,31)22-13-11-19-9-6-7-10-20(19)17-22/h6-7,9-14,17-18H,4-5,8,15-16H2,1-3H3. The zero-order valence-corrected chi connectivity index (χ0v) is 19.9. The largest absolute Gasteiger partial charge is 0.496 e. The lowest BCUT2D eigenvalue weighted by atomic mass is 10.1. The van der Waals surface area contributed by atoms with Gasteiger partial charge in [-0.1, -0.05) is 44.2 Å². The summed E-state index contributed by atoms with van der Waals surface area (Å²) in [6.45, 7) is 6.57. The summed E-state index contributed by atoms with van der Waals surface area (Å²) in [6.07, 6.45) is 0.525. The molecule has 0 saturated heterocycles. The molecule has 0 bridgehead atoms. The molecule has 176 valence electrons. The number of rotatable bonds is 11. The summed E-state index contributed by atoms with van der Waals surface area (Å²) in [7, 11) is -2.65. The van der Waals surface area contributed by atoms with Crippen LogP contribution in [0.25, 0.3) is 10.8 Å². The SMILES string of the molecule is CCN(CC)CCCN(c1ccc(OC)cc1[N+](=O)[O-])S(=O)(=O)c1ccc2ccccc2c1. The molecule has 3 rings (SSSR count). The van der Waals surface area contributed by atoms with Crippen LogP contribution in [0.5, 0.6) is 5.75 Å². The fraction of sp³-hybridized carbons (Fsp3) is 0.333. The lowest BCUT2D eigenvalue weighted by molar-refractivity contribution is -0.384. The summed E-state index contributed by atoms with van der Waals surface area (Å²) in [5.74, 6) is 0.289. The summed E-state index contributed by atoms with van der Waals surface area (Å²) >= 11 is 0. The van der Waals surface area contributed by atoms with Crippen LogP contribution in [-0.4, -0.2) is 51.5 Å². The minimum Gasteiger partial charge on any atom is -0.496 e. The number of hydrogen-bond donors (Lipinski definition) is 0. The Balaban J connectivity index is 2.08. The quantitative estimate of drug-likeness (QED) is 0.298. The van der Waals surface area contributed by atoms with Crippen molar-refractivity contribution in [2.75, 3.05) is 37.6 Å². The monoisotopic (exact) mass is 471 g/mol. The van der Waals surface area contributed by atoms with Crippen molar-refractivity contribution in [3.63, 3.8) is 0 Å². The number of fused-ring (bicyclic) bond motifs is 1. The van der Waals surface area contributed by atoms with Crippen LogP contribution in [0.4, 0.5) is 11.4 Å². The first-order valence-electron chi connectivity index (χ1n) is 10.9. The first kappa shape index (κ1) is 24.5. The van der Waals surface area contributed by atoms with Gasteiger partial charge in [-0.3, -0.25) is 14.4 Å². The summed E-state index contributed by atoms with van der Waals surface area (Å²) in [6, 6.07) is 16.6. The van der Waals surface area contributed by atoms with Crippen LogP contribution in [0.15, 0.2) is 65.6 Å². The molecule has 0 aliphatic rings. The first-order chi connectivity index (χ1) is 15.8. The van der Waals surface area contributed by atoms with Crippen molar-refractivity contribution in [2.24, 2.45) is 0 Å². The number of methoxy groups -OCH3 is 1. The van der Waals surface area contributed by atoms with Crippen LogP contribution < -0.4 is 9.04 Å². The van der Waals surface area contributed by atoms with E-state index in [1.54, 1.807) is 18.2 Å². The van der Waals surface area contributed by atoms with E-state index in [2.05, 4.69) is 4.90 Å². The summed E-state index contributed by atoms with van der Waals surface area (Å²) in [4.78, 5) is 13.5. The molecule has 0 fully saturated rings. The molecule has 0 radical (unpaired) electrons. The number of benzene rings is 3. The number of anilines is 1. The third-order valence-corrected chi connectivity index (χ3v) is 7.50. The van der Waals surface area contributed by atoms with E-state index in [9.17, 15) is 18.5 Å². The predicted octanol–water partition coefficient (Wildman–Crippen LogP) is 4.68. The Morgan fingerprint density at radius 2 is 1.64 bits per heavy atom. The summed E-state index contributed by atoms with van der Waals surface area (Å²) in [5, 5.41) is 13.5. The van der Waals surface area contributed by atoms with Gasteiger partial charge in [0, 0.05) is 6.54 Å². The highest BCUT2D eigenvalue weighted by molar-refractivity contribution is 7.92. The Bertz CT molecular complexity index is 1230. The average Bonchev–Trinajstić information content (AvgIpc) is 2.83. The number of nitro groups is 1. The normalized spacial score (nSPS) is 11.6. The van der Waals surface area contributed by atoms with Gasteiger partial charge in [0.2, 0.25) is 0 Å². The maximum Gasteiger partial charge on any atom is 0.297 e. The molecule has 8 nitrogen and oxygen atoms in total. The van der Waals surface area contributed by atoms with Gasteiger partial charge in [0.05, 0.1) is 23.0 Å². The molecule has 0 N–H and O–H groups in total. The third kappa shape index (κ3) is 5.43. The second-order valence-electron chi connectivity index (χ2n) is 7.58. The van der Waals surface area contributed by atoms with E-state index in [1.807, 2.05) is 38.1 Å². The fourth-order valence-electron chi connectivity index (χ4n) is 3.79. The van der Waals surface area contributed by atoms with Crippen LogP contribution in [0.1, 0.15) is 20.3 Å².